The van der Waals surface area contributed by atoms with Crippen molar-refractivity contribution in [2.45, 2.75) is 70.5 Å². The predicted octanol–water partition coefficient (Wildman–Crippen LogP) is 9.08. The number of rotatable bonds is 15. The van der Waals surface area contributed by atoms with Crippen molar-refractivity contribution in [1.29, 1.82) is 0 Å². The zero-order valence-electron chi connectivity index (χ0n) is 33.4. The number of aliphatic hydroxyl groups is 1. The summed E-state index contributed by atoms with van der Waals surface area (Å²) >= 11 is 7.55. The van der Waals surface area contributed by atoms with Crippen LogP contribution in [0.15, 0.2) is 136 Å². The molecule has 17 heteroatoms. The molecule has 5 aromatic rings. The molecular formula is C45H46ClF3N4O6S3. The molecule has 0 aromatic heterocycles. The average Bonchev–Trinajstić information content (AvgIpc) is 3.79. The lowest BCUT2D eigenvalue weighted by Gasteiger charge is -2.36. The molecule has 3 atom stereocenters. The number of halogens is 4. The first-order chi connectivity index (χ1) is 29.6. The van der Waals surface area contributed by atoms with E-state index in [9.17, 15) is 39.9 Å². The topological polar surface area (TPSA) is 145 Å². The highest BCUT2D eigenvalue weighted by atomic mass is 35.5. The largest absolute Gasteiger partial charge is 0.501 e. The molecule has 62 heavy (non-hydrogen) atoms. The van der Waals surface area contributed by atoms with Crippen molar-refractivity contribution in [3.8, 4) is 11.1 Å². The minimum absolute atomic E-state index is 0.0132. The number of nitrogens with zero attached hydrogens (tertiary/aromatic N) is 1. The Balaban J connectivity index is 1.02. The van der Waals surface area contributed by atoms with E-state index in [4.69, 9.17) is 11.6 Å². The first-order valence-corrected chi connectivity index (χ1v) is 24.5. The Bertz CT molecular complexity index is 2550. The highest BCUT2D eigenvalue weighted by Crippen LogP contribution is 2.39. The van der Waals surface area contributed by atoms with Crippen molar-refractivity contribution in [2.24, 2.45) is 5.92 Å². The summed E-state index contributed by atoms with van der Waals surface area (Å²) in [6, 6.07) is 32.7. The molecule has 328 valence electrons. The van der Waals surface area contributed by atoms with Crippen molar-refractivity contribution in [1.82, 2.24) is 10.0 Å². The summed E-state index contributed by atoms with van der Waals surface area (Å²) in [6.07, 6.45) is 2.91. The van der Waals surface area contributed by atoms with Gasteiger partial charge in [0.1, 0.15) is 4.90 Å². The normalized spacial score (nSPS) is 17.4. The number of sulfonamides is 1. The van der Waals surface area contributed by atoms with Crippen LogP contribution in [-0.4, -0.2) is 70.8 Å². The average molecular weight is 928 g/mol. The van der Waals surface area contributed by atoms with Crippen molar-refractivity contribution in [3.05, 3.63) is 137 Å². The van der Waals surface area contributed by atoms with E-state index in [1.54, 1.807) is 12.1 Å². The lowest BCUT2D eigenvalue weighted by Crippen LogP contribution is -2.36. The molecule has 0 bridgehead atoms. The zero-order chi connectivity index (χ0) is 44.1. The third kappa shape index (κ3) is 10.8. The molecule has 1 amide bonds. The minimum atomic E-state index is -6.05. The number of benzene rings is 5. The molecule has 2 heterocycles. The van der Waals surface area contributed by atoms with Crippen LogP contribution in [0.5, 0.6) is 0 Å². The maximum atomic E-state index is 14.1. The third-order valence-corrected chi connectivity index (χ3v) is 15.6. The fraction of sp³-hybridized carbons (Fsp3) is 0.311. The van der Waals surface area contributed by atoms with E-state index in [2.05, 4.69) is 15.5 Å². The van der Waals surface area contributed by atoms with Crippen LogP contribution in [0.4, 0.5) is 24.5 Å². The smallest absolute Gasteiger partial charge is 0.388 e. The Hall–Kier alpha value is -4.58. The first kappa shape index (κ1) is 45.4. The molecule has 2 aliphatic heterocycles. The molecule has 5 aromatic carbocycles. The van der Waals surface area contributed by atoms with Gasteiger partial charge in [-0.2, -0.15) is 13.2 Å². The molecule has 2 fully saturated rings. The number of sulfone groups is 1. The number of hydrogen-bond acceptors (Lipinski definition) is 10. The number of thioether (sulfide) groups is 1. The van der Waals surface area contributed by atoms with Gasteiger partial charge >= 0.3 is 5.51 Å². The van der Waals surface area contributed by atoms with Gasteiger partial charge < -0.3 is 20.6 Å². The Morgan fingerprint density at radius 2 is 1.55 bits per heavy atom. The van der Waals surface area contributed by atoms with Crippen molar-refractivity contribution < 1.29 is 39.9 Å². The van der Waals surface area contributed by atoms with E-state index in [-0.39, 0.29) is 17.5 Å². The summed E-state index contributed by atoms with van der Waals surface area (Å²) < 4.78 is 97.2. The van der Waals surface area contributed by atoms with Crippen LogP contribution in [0.1, 0.15) is 54.1 Å². The zero-order valence-corrected chi connectivity index (χ0v) is 36.6. The Kier molecular flexibility index (Phi) is 14.2. The van der Waals surface area contributed by atoms with E-state index >= 15 is 0 Å². The summed E-state index contributed by atoms with van der Waals surface area (Å²) in [7, 11) is -10.9. The second kappa shape index (κ2) is 19.4. The lowest BCUT2D eigenvalue weighted by molar-refractivity contribution is -0.0435. The van der Waals surface area contributed by atoms with Gasteiger partial charge in [0.15, 0.2) is 0 Å². The van der Waals surface area contributed by atoms with Gasteiger partial charge in [0.05, 0.1) is 16.7 Å². The van der Waals surface area contributed by atoms with Gasteiger partial charge in [-0.25, -0.2) is 21.6 Å². The maximum Gasteiger partial charge on any atom is 0.501 e. The van der Waals surface area contributed by atoms with Crippen molar-refractivity contribution in [3.63, 3.8) is 0 Å². The van der Waals surface area contributed by atoms with Crippen LogP contribution in [-0.2, 0) is 19.9 Å². The van der Waals surface area contributed by atoms with E-state index in [0.29, 0.717) is 49.2 Å². The van der Waals surface area contributed by atoms with Crippen molar-refractivity contribution >= 4 is 60.5 Å². The highest BCUT2D eigenvalue weighted by molar-refractivity contribution is 7.99. The van der Waals surface area contributed by atoms with Crippen LogP contribution in [0.3, 0.4) is 0 Å². The van der Waals surface area contributed by atoms with Crippen LogP contribution in [0.2, 0.25) is 5.02 Å². The maximum absolute atomic E-state index is 14.1. The van der Waals surface area contributed by atoms with Gasteiger partial charge in [-0.1, -0.05) is 66.2 Å². The number of aliphatic hydroxyl groups excluding tert-OH is 1. The summed E-state index contributed by atoms with van der Waals surface area (Å²) in [6.45, 7) is 2.01. The third-order valence-electron chi connectivity index (χ3n) is 11.3. The van der Waals surface area contributed by atoms with E-state index in [1.807, 2.05) is 83.6 Å². The molecule has 0 saturated carbocycles. The van der Waals surface area contributed by atoms with Gasteiger partial charge in [-0.05, 0) is 128 Å². The summed E-state index contributed by atoms with van der Waals surface area (Å²) in [5, 5.41) is 18.5. The van der Waals surface area contributed by atoms with Crippen LogP contribution >= 0.6 is 23.4 Å². The van der Waals surface area contributed by atoms with Gasteiger partial charge in [0.2, 0.25) is 0 Å². The molecule has 0 radical (unpaired) electrons. The molecule has 2 aliphatic rings. The number of amides is 1. The Morgan fingerprint density at radius 1 is 0.871 bits per heavy atom. The fourth-order valence-corrected chi connectivity index (χ4v) is 11.1. The van der Waals surface area contributed by atoms with Gasteiger partial charge in [0.25, 0.3) is 25.8 Å². The Morgan fingerprint density at radius 3 is 2.21 bits per heavy atom. The number of piperidine rings is 1. The molecule has 0 aliphatic carbocycles. The molecule has 2 saturated heterocycles. The summed E-state index contributed by atoms with van der Waals surface area (Å²) in [5.41, 5.74) is -2.69. The summed E-state index contributed by atoms with van der Waals surface area (Å²) in [4.78, 5) is 14.2. The van der Waals surface area contributed by atoms with Gasteiger partial charge in [-0.3, -0.25) is 4.79 Å². The first-order valence-electron chi connectivity index (χ1n) is 20.2. The molecule has 7 rings (SSSR count). The monoisotopic (exact) mass is 926 g/mol. The minimum Gasteiger partial charge on any atom is -0.388 e. The number of anilines is 2. The highest BCUT2D eigenvalue weighted by Gasteiger charge is 2.48. The molecule has 10 nitrogen and oxygen atoms in total. The van der Waals surface area contributed by atoms with E-state index < -0.39 is 58.9 Å². The Labute approximate surface area is 369 Å². The molecule has 2 unspecified atom stereocenters. The van der Waals surface area contributed by atoms with Crippen LogP contribution in [0.25, 0.3) is 11.1 Å². The standard InChI is InChI=1S/C45H46ClF3N4O6S3/c46-33-16-12-30(13-17-33)39-10-4-5-11-40(39)43(54)31-22-25-53(26-23-31)36-18-14-32(15-19-36)44(55)52-62(58,59)38-20-21-41(42(28-38)61(56,57)45(47,48)49)51-35(27-34-7-6-24-50-34)29-60-37-8-2-1-3-9-37/h1-5,8-21,28,31,34-35,43,50-51,54H,6-7,22-27,29H2,(H,52,55)/t34?,35?,43-/m1/s1. The molecule has 4 N–H and O–H groups in total. The van der Waals surface area contributed by atoms with Gasteiger partial charge in [-0.15, -0.1) is 11.8 Å². The predicted molar refractivity (Wildman–Crippen MR) is 238 cm³/mol. The number of carbonyl (C=O) groups excluding carboxylic acids is 1. The quantitative estimate of drug-likeness (QED) is 0.0751. The van der Waals surface area contributed by atoms with Crippen LogP contribution < -0.4 is 20.3 Å². The number of nitrogens with one attached hydrogen (secondary N) is 3. The second-order valence-electron chi connectivity index (χ2n) is 15.4. The van der Waals surface area contributed by atoms with E-state index in [1.165, 1.54) is 23.9 Å². The summed E-state index contributed by atoms with van der Waals surface area (Å²) in [5.74, 6) is -0.687. The van der Waals surface area contributed by atoms with E-state index in [0.717, 1.165) is 58.8 Å². The van der Waals surface area contributed by atoms with Gasteiger partial charge in [0, 0.05) is 52.1 Å². The number of hydrogen-bond donors (Lipinski definition) is 4. The molecular weight excluding hydrogens is 881 g/mol. The number of carbonyl (C=O) groups is 1. The molecule has 0 spiro atoms. The fourth-order valence-electron chi connectivity index (χ4n) is 7.98. The van der Waals surface area contributed by atoms with Crippen LogP contribution in [0, 0.1) is 5.92 Å². The second-order valence-corrected chi connectivity index (χ2v) is 20.6. The SMILES string of the molecule is O=C(NS(=O)(=O)c1ccc(NC(CSc2ccccc2)CC2CCCN2)c(S(=O)(=O)C(F)(F)F)c1)c1ccc(N2CCC([C@@H](O)c3ccccc3-c3ccc(Cl)cc3)CC2)cc1. The number of alkyl halides is 3. The lowest BCUT2D eigenvalue weighted by atomic mass is 9.84. The van der Waals surface area contributed by atoms with Crippen molar-refractivity contribution in [2.75, 3.05) is 35.6 Å².